The maximum atomic E-state index is 12.6. The number of rotatable bonds is 2. The highest BCUT2D eigenvalue weighted by Crippen LogP contribution is 2.35. The molecule has 1 heterocycles. The lowest BCUT2D eigenvalue weighted by molar-refractivity contribution is -0.137. The van der Waals surface area contributed by atoms with Gasteiger partial charge in [-0.1, -0.05) is 0 Å². The molecule has 22 heavy (non-hydrogen) atoms. The third-order valence-corrected chi connectivity index (χ3v) is 3.12. The van der Waals surface area contributed by atoms with Crippen molar-refractivity contribution in [1.29, 1.82) is 0 Å². The molecule has 0 bridgehead atoms. The summed E-state index contributed by atoms with van der Waals surface area (Å²) in [5.41, 5.74) is 10.6. The maximum Gasteiger partial charge on any atom is 0.416 e. The van der Waals surface area contributed by atoms with Crippen molar-refractivity contribution in [3.05, 3.63) is 35.0 Å². The maximum absolute atomic E-state index is 12.6. The highest BCUT2D eigenvalue weighted by atomic mass is 19.4. The van der Waals surface area contributed by atoms with Gasteiger partial charge in [-0.3, -0.25) is 0 Å². The summed E-state index contributed by atoms with van der Waals surface area (Å²) in [6, 6.07) is 1.91. The second kappa shape index (κ2) is 5.24. The molecule has 0 radical (unpaired) electrons. The van der Waals surface area contributed by atoms with E-state index < -0.39 is 17.8 Å². The Kier molecular flexibility index (Phi) is 3.74. The Labute approximate surface area is 123 Å². The monoisotopic (exact) mass is 314 g/mol. The van der Waals surface area contributed by atoms with Crippen LogP contribution in [0.15, 0.2) is 18.2 Å². The second-order valence-corrected chi connectivity index (χ2v) is 4.62. The van der Waals surface area contributed by atoms with E-state index in [4.69, 9.17) is 16.2 Å². The van der Waals surface area contributed by atoms with E-state index in [0.717, 1.165) is 22.9 Å². The zero-order valence-electron chi connectivity index (χ0n) is 11.7. The quantitative estimate of drug-likeness (QED) is 0.833. The number of aromatic nitrogens is 2. The van der Waals surface area contributed by atoms with Crippen molar-refractivity contribution in [2.75, 3.05) is 5.73 Å². The Morgan fingerprint density at radius 2 is 1.95 bits per heavy atom. The Balaban J connectivity index is 2.36. The molecule has 0 aliphatic heterocycles. The van der Waals surface area contributed by atoms with Gasteiger partial charge in [-0.15, -0.1) is 5.10 Å². The number of hydrogen-bond donors (Lipinski definition) is 2. The largest absolute Gasteiger partial charge is 0.435 e. The molecule has 2 rings (SSSR count). The number of benzene rings is 1. The summed E-state index contributed by atoms with van der Waals surface area (Å²) in [6.45, 7) is 3.24. The first-order valence-electron chi connectivity index (χ1n) is 6.12. The van der Waals surface area contributed by atoms with E-state index in [0.29, 0.717) is 11.3 Å². The van der Waals surface area contributed by atoms with Crippen LogP contribution in [0.2, 0.25) is 0 Å². The average Bonchev–Trinajstić information content (AvgIpc) is 2.68. The van der Waals surface area contributed by atoms with E-state index in [1.807, 2.05) is 0 Å². The van der Waals surface area contributed by atoms with Gasteiger partial charge in [0.05, 0.1) is 16.9 Å². The third-order valence-electron chi connectivity index (χ3n) is 3.12. The number of nitrogens with two attached hydrogens (primary N) is 2. The number of hydrogen-bond acceptors (Lipinski definition) is 4. The number of carbonyl (C=O) groups is 1. The van der Waals surface area contributed by atoms with Crippen molar-refractivity contribution in [1.82, 2.24) is 9.78 Å². The van der Waals surface area contributed by atoms with E-state index in [1.54, 1.807) is 13.8 Å². The van der Waals surface area contributed by atoms with Crippen molar-refractivity contribution in [3.63, 3.8) is 0 Å². The first kappa shape index (κ1) is 15.7. The molecular formula is C13H13F3N4O2. The third kappa shape index (κ3) is 2.83. The van der Waals surface area contributed by atoms with Gasteiger partial charge in [0.15, 0.2) is 5.75 Å². The van der Waals surface area contributed by atoms with Gasteiger partial charge in [-0.05, 0) is 32.0 Å². The molecule has 0 saturated heterocycles. The summed E-state index contributed by atoms with van der Waals surface area (Å²) in [7, 11) is 0. The molecule has 4 N–H and O–H groups in total. The number of nitrogen functional groups attached to an aromatic ring is 1. The van der Waals surface area contributed by atoms with Gasteiger partial charge in [0.1, 0.15) is 0 Å². The zero-order chi connectivity index (χ0) is 16.7. The Hall–Kier alpha value is -2.71. The van der Waals surface area contributed by atoms with E-state index in [1.165, 1.54) is 0 Å². The lowest BCUT2D eigenvalue weighted by atomic mass is 10.2. The molecule has 0 unspecified atom stereocenters. The predicted molar refractivity (Wildman–Crippen MR) is 72.6 cm³/mol. The van der Waals surface area contributed by atoms with Crippen LogP contribution in [0.25, 0.3) is 0 Å². The molecule has 0 aliphatic carbocycles. The normalized spacial score (nSPS) is 11.5. The van der Waals surface area contributed by atoms with Crippen molar-refractivity contribution >= 4 is 11.7 Å². The summed E-state index contributed by atoms with van der Waals surface area (Å²) >= 11 is 0. The van der Waals surface area contributed by atoms with E-state index in [2.05, 4.69) is 5.10 Å². The second-order valence-electron chi connectivity index (χ2n) is 4.62. The van der Waals surface area contributed by atoms with Gasteiger partial charge in [-0.25, -0.2) is 4.79 Å². The smallest absolute Gasteiger partial charge is 0.416 e. The first-order valence-corrected chi connectivity index (χ1v) is 6.12. The minimum absolute atomic E-state index is 0.00483. The van der Waals surface area contributed by atoms with Crippen LogP contribution in [-0.4, -0.2) is 15.8 Å². The van der Waals surface area contributed by atoms with Gasteiger partial charge in [0.25, 0.3) is 0 Å². The van der Waals surface area contributed by atoms with Crippen LogP contribution in [0.3, 0.4) is 0 Å². The summed E-state index contributed by atoms with van der Waals surface area (Å²) in [5.74, 6) is 0.0491. The molecule has 1 aromatic carbocycles. The fraction of sp³-hybridized carbons (Fsp3) is 0.231. The molecule has 0 saturated carbocycles. The number of alkyl halides is 3. The van der Waals surface area contributed by atoms with E-state index in [9.17, 15) is 18.0 Å². The number of amides is 1. The molecule has 9 heteroatoms. The molecule has 1 amide bonds. The van der Waals surface area contributed by atoms with Crippen LogP contribution in [0, 0.1) is 13.8 Å². The van der Waals surface area contributed by atoms with Crippen LogP contribution in [0.4, 0.5) is 23.7 Å². The summed E-state index contributed by atoms with van der Waals surface area (Å²) < 4.78 is 44.0. The molecule has 0 spiro atoms. The Bertz CT molecular complexity index is 738. The zero-order valence-corrected chi connectivity index (χ0v) is 11.7. The van der Waals surface area contributed by atoms with Gasteiger partial charge in [0.2, 0.25) is 5.88 Å². The van der Waals surface area contributed by atoms with Crippen LogP contribution < -0.4 is 16.2 Å². The van der Waals surface area contributed by atoms with Gasteiger partial charge >= 0.3 is 12.2 Å². The molecule has 0 atom stereocenters. The summed E-state index contributed by atoms with van der Waals surface area (Å²) in [4.78, 5) is 11.2. The predicted octanol–water partition coefficient (Wildman–Crippen LogP) is 2.82. The molecule has 0 fully saturated rings. The SMILES string of the molecule is Cc1c(Oc2ccc(C(F)(F)F)cc2N)nn(C(N)=O)c1C. The first-order chi connectivity index (χ1) is 10.1. The summed E-state index contributed by atoms with van der Waals surface area (Å²) in [5, 5.41) is 3.86. The summed E-state index contributed by atoms with van der Waals surface area (Å²) in [6.07, 6.45) is -4.49. The standard InChI is InChI=1S/C13H13F3N4O2/c1-6-7(2)20(12(18)21)19-11(6)22-10-4-3-8(5-9(10)17)13(14,15)16/h3-5H,17H2,1-2H3,(H2,18,21). The minimum atomic E-state index is -4.49. The van der Waals surface area contributed by atoms with Gasteiger partial charge in [0, 0.05) is 5.56 Å². The topological polar surface area (TPSA) is 96.2 Å². The van der Waals surface area contributed by atoms with Gasteiger partial charge in [-0.2, -0.15) is 17.9 Å². The molecule has 6 nitrogen and oxygen atoms in total. The van der Waals surface area contributed by atoms with Crippen molar-refractivity contribution in [3.8, 4) is 11.6 Å². The fourth-order valence-corrected chi connectivity index (χ4v) is 1.79. The van der Waals surface area contributed by atoms with Gasteiger partial charge < -0.3 is 16.2 Å². The lowest BCUT2D eigenvalue weighted by Gasteiger charge is -2.11. The molecule has 1 aromatic heterocycles. The Morgan fingerprint density at radius 3 is 2.41 bits per heavy atom. The molecule has 2 aromatic rings. The molecular weight excluding hydrogens is 301 g/mol. The fourth-order valence-electron chi connectivity index (χ4n) is 1.79. The highest BCUT2D eigenvalue weighted by Gasteiger charge is 2.31. The van der Waals surface area contributed by atoms with Crippen molar-refractivity contribution in [2.45, 2.75) is 20.0 Å². The van der Waals surface area contributed by atoms with Crippen LogP contribution in [0.5, 0.6) is 11.6 Å². The molecule has 118 valence electrons. The number of carbonyl (C=O) groups excluding carboxylic acids is 1. The number of anilines is 1. The Morgan fingerprint density at radius 1 is 1.32 bits per heavy atom. The number of halogens is 3. The number of ether oxygens (including phenoxy) is 1. The van der Waals surface area contributed by atoms with Crippen molar-refractivity contribution < 1.29 is 22.7 Å². The van der Waals surface area contributed by atoms with E-state index in [-0.39, 0.29) is 17.3 Å². The van der Waals surface area contributed by atoms with Crippen LogP contribution >= 0.6 is 0 Å². The number of nitrogens with zero attached hydrogens (tertiary/aromatic N) is 2. The van der Waals surface area contributed by atoms with Crippen molar-refractivity contribution in [2.24, 2.45) is 5.73 Å². The van der Waals surface area contributed by atoms with E-state index >= 15 is 0 Å². The lowest BCUT2D eigenvalue weighted by Crippen LogP contribution is -2.21. The minimum Gasteiger partial charge on any atom is -0.435 e. The average molecular weight is 314 g/mol. The molecule has 0 aliphatic rings. The van der Waals surface area contributed by atoms with Crippen LogP contribution in [0.1, 0.15) is 16.8 Å². The van der Waals surface area contributed by atoms with Crippen LogP contribution in [-0.2, 0) is 6.18 Å². The highest BCUT2D eigenvalue weighted by molar-refractivity contribution is 5.75. The number of primary amides is 1.